The number of hydrogen-bond acceptors (Lipinski definition) is 3. The minimum Gasteiger partial charge on any atom is -0.481 e. The number of aromatic nitrogens is 2. The van der Waals surface area contributed by atoms with Gasteiger partial charge in [0.2, 0.25) is 5.89 Å². The molecule has 3 aromatic rings. The van der Waals surface area contributed by atoms with Crippen LogP contribution in [0.4, 0.5) is 13.2 Å². The lowest BCUT2D eigenvalue weighted by atomic mass is 9.96. The molecule has 0 amide bonds. The van der Waals surface area contributed by atoms with Gasteiger partial charge in [0.15, 0.2) is 0 Å². The monoisotopic (exact) mass is 430 g/mol. The summed E-state index contributed by atoms with van der Waals surface area (Å²) in [7, 11) is 0. The Bertz CT molecular complexity index is 1180. The molecule has 0 unspecified atom stereocenters. The highest BCUT2D eigenvalue weighted by Gasteiger charge is 2.33. The first-order valence-electron chi connectivity index (χ1n) is 9.92. The summed E-state index contributed by atoms with van der Waals surface area (Å²) >= 11 is 0. The number of fused-ring (bicyclic) bond motifs is 1. The maximum atomic E-state index is 12.8. The van der Waals surface area contributed by atoms with Gasteiger partial charge in [-0.2, -0.15) is 13.2 Å². The third kappa shape index (κ3) is 4.42. The maximum absolute atomic E-state index is 12.8. The van der Waals surface area contributed by atoms with Crippen LogP contribution >= 0.6 is 0 Å². The van der Waals surface area contributed by atoms with Crippen molar-refractivity contribution in [3.05, 3.63) is 77.2 Å². The molecule has 1 atom stereocenters. The van der Waals surface area contributed by atoms with Crippen molar-refractivity contribution >= 4 is 16.9 Å². The molecule has 31 heavy (non-hydrogen) atoms. The highest BCUT2D eigenvalue weighted by atomic mass is 19.4. The Balaban J connectivity index is 1.57. The summed E-state index contributed by atoms with van der Waals surface area (Å²) in [5.74, 6) is -0.177. The average Bonchev–Trinajstić information content (AvgIpc) is 3.30. The second-order valence-electron chi connectivity index (χ2n) is 7.61. The van der Waals surface area contributed by atoms with Gasteiger partial charge in [0.05, 0.1) is 29.2 Å². The van der Waals surface area contributed by atoms with E-state index in [4.69, 9.17) is 9.52 Å². The first-order valence-corrected chi connectivity index (χ1v) is 9.92. The number of nitrogens with zero attached hydrogens (tertiary/aromatic N) is 2. The SMILES string of the molecule is Cc1nc([C@H]2C=CC(C(F)(F)F)=CC2)oc1Cn1ccc2cccc(CCC(=O)O)c21. The van der Waals surface area contributed by atoms with E-state index >= 15 is 0 Å². The lowest BCUT2D eigenvalue weighted by Gasteiger charge is -2.15. The van der Waals surface area contributed by atoms with Crippen LogP contribution in [-0.2, 0) is 17.8 Å². The lowest BCUT2D eigenvalue weighted by Crippen LogP contribution is -2.13. The van der Waals surface area contributed by atoms with E-state index in [2.05, 4.69) is 4.98 Å². The quantitative estimate of drug-likeness (QED) is 0.558. The van der Waals surface area contributed by atoms with Crippen LogP contribution in [0.1, 0.15) is 41.7 Å². The van der Waals surface area contributed by atoms with E-state index in [-0.39, 0.29) is 18.8 Å². The van der Waals surface area contributed by atoms with Gasteiger partial charge in [-0.1, -0.05) is 36.4 Å². The van der Waals surface area contributed by atoms with Gasteiger partial charge in [-0.3, -0.25) is 4.79 Å². The van der Waals surface area contributed by atoms with Crippen molar-refractivity contribution in [2.24, 2.45) is 0 Å². The van der Waals surface area contributed by atoms with Gasteiger partial charge >= 0.3 is 12.1 Å². The van der Waals surface area contributed by atoms with Crippen LogP contribution in [0.25, 0.3) is 10.9 Å². The normalized spacial score (nSPS) is 16.6. The summed E-state index contributed by atoms with van der Waals surface area (Å²) in [5.41, 5.74) is 1.90. The predicted molar refractivity (Wildman–Crippen MR) is 109 cm³/mol. The molecule has 0 spiro atoms. The fraction of sp³-hybridized carbons (Fsp3) is 0.304. The smallest absolute Gasteiger partial charge is 0.416 e. The van der Waals surface area contributed by atoms with Gasteiger partial charge in [-0.25, -0.2) is 4.98 Å². The van der Waals surface area contributed by atoms with E-state index < -0.39 is 17.7 Å². The molecule has 1 N–H and O–H groups in total. The van der Waals surface area contributed by atoms with Crippen LogP contribution in [0.3, 0.4) is 0 Å². The minimum atomic E-state index is -4.35. The van der Waals surface area contributed by atoms with E-state index in [0.29, 0.717) is 30.3 Å². The number of para-hydroxylation sites is 1. The Labute approximate surface area is 176 Å². The van der Waals surface area contributed by atoms with E-state index in [1.54, 1.807) is 0 Å². The zero-order valence-corrected chi connectivity index (χ0v) is 16.8. The van der Waals surface area contributed by atoms with Crippen LogP contribution in [0, 0.1) is 6.92 Å². The van der Waals surface area contributed by atoms with Crippen molar-refractivity contribution in [3.8, 4) is 0 Å². The number of carbonyl (C=O) groups is 1. The fourth-order valence-electron chi connectivity index (χ4n) is 3.84. The summed E-state index contributed by atoms with van der Waals surface area (Å²) in [6.45, 7) is 2.20. The van der Waals surface area contributed by atoms with Crippen molar-refractivity contribution in [1.29, 1.82) is 0 Å². The third-order valence-electron chi connectivity index (χ3n) is 5.45. The van der Waals surface area contributed by atoms with E-state index in [0.717, 1.165) is 28.6 Å². The largest absolute Gasteiger partial charge is 0.481 e. The van der Waals surface area contributed by atoms with Crippen LogP contribution in [-0.4, -0.2) is 26.8 Å². The van der Waals surface area contributed by atoms with Crippen molar-refractivity contribution in [1.82, 2.24) is 9.55 Å². The van der Waals surface area contributed by atoms with Gasteiger partial charge in [-0.05, 0) is 36.8 Å². The summed E-state index contributed by atoms with van der Waals surface area (Å²) in [6, 6.07) is 7.74. The molecular formula is C23H21F3N2O3. The first-order chi connectivity index (χ1) is 14.7. The van der Waals surface area contributed by atoms with Crippen molar-refractivity contribution in [2.45, 2.75) is 44.8 Å². The molecule has 2 heterocycles. The third-order valence-corrected chi connectivity index (χ3v) is 5.45. The number of carboxylic acids is 1. The Morgan fingerprint density at radius 1 is 1.32 bits per heavy atom. The summed E-state index contributed by atoms with van der Waals surface area (Å²) in [6.07, 6.45) is 1.90. The highest BCUT2D eigenvalue weighted by molar-refractivity contribution is 5.84. The van der Waals surface area contributed by atoms with Crippen LogP contribution in [0.5, 0.6) is 0 Å². The number of allylic oxidation sites excluding steroid dienone is 4. The molecule has 2 aromatic heterocycles. The van der Waals surface area contributed by atoms with Crippen molar-refractivity contribution in [3.63, 3.8) is 0 Å². The number of alkyl halides is 3. The predicted octanol–water partition coefficient (Wildman–Crippen LogP) is 5.54. The molecule has 5 nitrogen and oxygen atoms in total. The second kappa shape index (κ2) is 8.09. The van der Waals surface area contributed by atoms with Gasteiger partial charge < -0.3 is 14.1 Å². The second-order valence-corrected chi connectivity index (χ2v) is 7.61. The molecule has 0 bridgehead atoms. The maximum Gasteiger partial charge on any atom is 0.416 e. The van der Waals surface area contributed by atoms with Gasteiger partial charge in [0.25, 0.3) is 0 Å². The fourth-order valence-corrected chi connectivity index (χ4v) is 3.84. The Kier molecular flexibility index (Phi) is 5.47. The number of oxazole rings is 1. The zero-order valence-electron chi connectivity index (χ0n) is 16.8. The molecule has 1 aliphatic carbocycles. The summed E-state index contributed by atoms with van der Waals surface area (Å²) < 4.78 is 46.4. The molecule has 162 valence electrons. The number of aryl methyl sites for hydroxylation is 2. The number of aliphatic carboxylic acids is 1. The Morgan fingerprint density at radius 2 is 2.13 bits per heavy atom. The van der Waals surface area contributed by atoms with E-state index in [9.17, 15) is 18.0 Å². The van der Waals surface area contributed by atoms with Crippen molar-refractivity contribution < 1.29 is 27.5 Å². The Hall–Kier alpha value is -3.29. The molecular weight excluding hydrogens is 409 g/mol. The minimum absolute atomic E-state index is 0.0389. The molecule has 0 saturated carbocycles. The number of benzene rings is 1. The number of carboxylic acid groups (broad SMARTS) is 1. The standard InChI is InChI=1S/C23H21F3N2O3/c1-14-19(31-22(27-14)17-5-8-18(9-6-17)23(24,25)26)13-28-12-11-16-4-2-3-15(21(16)28)7-10-20(29)30/h2-5,8-9,11-12,17H,6-7,10,13H2,1H3,(H,29,30)/t17-/m0/s1. The van der Waals surface area contributed by atoms with Crippen LogP contribution < -0.4 is 0 Å². The van der Waals surface area contributed by atoms with E-state index in [1.807, 2.05) is 42.0 Å². The lowest BCUT2D eigenvalue weighted by molar-refractivity contribution is -0.136. The number of hydrogen-bond donors (Lipinski definition) is 1. The zero-order chi connectivity index (χ0) is 22.2. The Morgan fingerprint density at radius 3 is 2.81 bits per heavy atom. The molecule has 4 rings (SSSR count). The number of halogens is 3. The average molecular weight is 430 g/mol. The van der Waals surface area contributed by atoms with Gasteiger partial charge in [-0.15, -0.1) is 0 Å². The van der Waals surface area contributed by atoms with Gasteiger partial charge in [0, 0.05) is 12.6 Å². The summed E-state index contributed by atoms with van der Waals surface area (Å²) in [4.78, 5) is 15.4. The molecule has 1 aromatic carbocycles. The summed E-state index contributed by atoms with van der Waals surface area (Å²) in [5, 5.41) is 10.0. The topological polar surface area (TPSA) is 68.3 Å². The first kappa shape index (κ1) is 21.0. The molecule has 0 fully saturated rings. The van der Waals surface area contributed by atoms with Crippen LogP contribution in [0.2, 0.25) is 0 Å². The number of rotatable bonds is 6. The highest BCUT2D eigenvalue weighted by Crippen LogP contribution is 2.34. The molecule has 8 heteroatoms. The molecule has 0 radical (unpaired) electrons. The van der Waals surface area contributed by atoms with Crippen LogP contribution in [0.15, 0.2) is 58.7 Å². The molecule has 0 aliphatic heterocycles. The van der Waals surface area contributed by atoms with Gasteiger partial charge in [0.1, 0.15) is 5.76 Å². The van der Waals surface area contributed by atoms with E-state index in [1.165, 1.54) is 6.08 Å². The molecule has 0 saturated heterocycles. The van der Waals surface area contributed by atoms with Crippen molar-refractivity contribution in [2.75, 3.05) is 0 Å². The molecule has 1 aliphatic rings.